The van der Waals surface area contributed by atoms with Gasteiger partial charge in [0.2, 0.25) is 5.91 Å². The van der Waals surface area contributed by atoms with E-state index in [4.69, 9.17) is 5.11 Å². The summed E-state index contributed by atoms with van der Waals surface area (Å²) in [6.45, 7) is 1.55. The highest BCUT2D eigenvalue weighted by atomic mass is 16.4. The van der Waals surface area contributed by atoms with Crippen molar-refractivity contribution in [3.8, 4) is 0 Å². The normalized spacial score (nSPS) is 25.2. The number of carbonyl (C=O) groups excluding carboxylic acids is 1. The SMILES string of the molecule is O=C(O)CCC1CCCN(C(=O)C2CC2c2ccc3ccccc3c2)C1. The Hall–Kier alpha value is -2.36. The molecule has 4 heteroatoms. The summed E-state index contributed by atoms with van der Waals surface area (Å²) >= 11 is 0. The van der Waals surface area contributed by atoms with Gasteiger partial charge in [-0.2, -0.15) is 0 Å². The van der Waals surface area contributed by atoms with Crippen molar-refractivity contribution in [3.05, 3.63) is 48.0 Å². The zero-order chi connectivity index (χ0) is 18.1. The topological polar surface area (TPSA) is 57.6 Å². The number of fused-ring (bicyclic) bond motifs is 1. The van der Waals surface area contributed by atoms with Gasteiger partial charge in [0.05, 0.1) is 0 Å². The maximum atomic E-state index is 12.9. The predicted molar refractivity (Wildman–Crippen MR) is 101 cm³/mol. The molecule has 4 rings (SSSR count). The lowest BCUT2D eigenvalue weighted by Gasteiger charge is -2.33. The Kier molecular flexibility index (Phi) is 4.66. The number of nitrogens with zero attached hydrogens (tertiary/aromatic N) is 1. The quantitative estimate of drug-likeness (QED) is 0.884. The van der Waals surface area contributed by atoms with E-state index in [1.807, 2.05) is 17.0 Å². The number of piperidine rings is 1. The first kappa shape index (κ1) is 17.1. The fourth-order valence-corrected chi connectivity index (χ4v) is 4.34. The molecule has 0 spiro atoms. The molecular weight excluding hydrogens is 326 g/mol. The molecule has 3 atom stereocenters. The van der Waals surface area contributed by atoms with Crippen LogP contribution < -0.4 is 0 Å². The number of carboxylic acid groups (broad SMARTS) is 1. The van der Waals surface area contributed by atoms with E-state index in [1.54, 1.807) is 0 Å². The third-order valence-corrected chi connectivity index (χ3v) is 5.91. The molecule has 1 saturated carbocycles. The van der Waals surface area contributed by atoms with Crippen molar-refractivity contribution in [3.63, 3.8) is 0 Å². The second-order valence-electron chi connectivity index (χ2n) is 7.78. The molecule has 1 heterocycles. The number of rotatable bonds is 5. The van der Waals surface area contributed by atoms with E-state index in [0.29, 0.717) is 18.3 Å². The van der Waals surface area contributed by atoms with Crippen molar-refractivity contribution in [1.29, 1.82) is 0 Å². The Balaban J connectivity index is 1.39. The predicted octanol–water partition coefficient (Wildman–Crippen LogP) is 4.05. The monoisotopic (exact) mass is 351 g/mol. The van der Waals surface area contributed by atoms with Gasteiger partial charge in [-0.3, -0.25) is 9.59 Å². The van der Waals surface area contributed by atoms with Crippen LogP contribution in [-0.2, 0) is 9.59 Å². The second-order valence-corrected chi connectivity index (χ2v) is 7.78. The number of likely N-dealkylation sites (tertiary alicyclic amines) is 1. The third kappa shape index (κ3) is 3.59. The number of amides is 1. The molecule has 1 aliphatic carbocycles. The Morgan fingerprint density at radius 3 is 2.73 bits per heavy atom. The van der Waals surface area contributed by atoms with E-state index in [1.165, 1.54) is 16.3 Å². The Morgan fingerprint density at radius 1 is 1.12 bits per heavy atom. The van der Waals surface area contributed by atoms with Gasteiger partial charge in [-0.15, -0.1) is 0 Å². The first-order chi connectivity index (χ1) is 12.6. The van der Waals surface area contributed by atoms with E-state index in [-0.39, 0.29) is 18.2 Å². The first-order valence-electron chi connectivity index (χ1n) is 9.61. The van der Waals surface area contributed by atoms with Crippen molar-refractivity contribution >= 4 is 22.6 Å². The number of hydrogen-bond donors (Lipinski definition) is 1. The summed E-state index contributed by atoms with van der Waals surface area (Å²) in [4.78, 5) is 25.7. The van der Waals surface area contributed by atoms with Gasteiger partial charge in [0.1, 0.15) is 0 Å². The summed E-state index contributed by atoms with van der Waals surface area (Å²) in [6.07, 6.45) is 3.85. The molecular formula is C22H25NO3. The number of carboxylic acids is 1. The van der Waals surface area contributed by atoms with Crippen LogP contribution in [0.3, 0.4) is 0 Å². The van der Waals surface area contributed by atoms with E-state index in [0.717, 1.165) is 32.4 Å². The van der Waals surface area contributed by atoms with Crippen molar-refractivity contribution in [2.75, 3.05) is 13.1 Å². The molecule has 2 aromatic carbocycles. The Bertz CT molecular complexity index is 831. The minimum absolute atomic E-state index is 0.106. The van der Waals surface area contributed by atoms with Crippen LogP contribution >= 0.6 is 0 Å². The lowest BCUT2D eigenvalue weighted by molar-refractivity contribution is -0.137. The highest BCUT2D eigenvalue weighted by Crippen LogP contribution is 2.49. The maximum absolute atomic E-state index is 12.9. The molecule has 2 aromatic rings. The minimum Gasteiger partial charge on any atom is -0.481 e. The molecule has 3 unspecified atom stereocenters. The molecule has 136 valence electrons. The lowest BCUT2D eigenvalue weighted by Crippen LogP contribution is -2.41. The van der Waals surface area contributed by atoms with E-state index in [2.05, 4.69) is 30.3 Å². The fraction of sp³-hybridized carbons (Fsp3) is 0.455. The molecule has 1 saturated heterocycles. The van der Waals surface area contributed by atoms with Gasteiger partial charge in [0, 0.05) is 25.4 Å². The van der Waals surface area contributed by atoms with Gasteiger partial charge in [0.15, 0.2) is 0 Å². The van der Waals surface area contributed by atoms with Gasteiger partial charge < -0.3 is 10.0 Å². The summed E-state index contributed by atoms with van der Waals surface area (Å²) in [5, 5.41) is 11.3. The average molecular weight is 351 g/mol. The Morgan fingerprint density at radius 2 is 1.92 bits per heavy atom. The van der Waals surface area contributed by atoms with Crippen LogP contribution in [0.5, 0.6) is 0 Å². The van der Waals surface area contributed by atoms with Gasteiger partial charge in [-0.25, -0.2) is 0 Å². The van der Waals surface area contributed by atoms with Crippen molar-refractivity contribution in [1.82, 2.24) is 4.90 Å². The van der Waals surface area contributed by atoms with Crippen molar-refractivity contribution < 1.29 is 14.7 Å². The number of aliphatic carboxylic acids is 1. The number of carbonyl (C=O) groups is 2. The first-order valence-corrected chi connectivity index (χ1v) is 9.61. The van der Waals surface area contributed by atoms with E-state index >= 15 is 0 Å². The Labute approximate surface area is 153 Å². The number of hydrogen-bond acceptors (Lipinski definition) is 2. The molecule has 2 aliphatic rings. The smallest absolute Gasteiger partial charge is 0.303 e. The molecule has 26 heavy (non-hydrogen) atoms. The van der Waals surface area contributed by atoms with E-state index in [9.17, 15) is 9.59 Å². The zero-order valence-corrected chi connectivity index (χ0v) is 14.9. The zero-order valence-electron chi connectivity index (χ0n) is 14.9. The van der Waals surface area contributed by atoms with Crippen LogP contribution in [0.2, 0.25) is 0 Å². The molecule has 4 nitrogen and oxygen atoms in total. The molecule has 1 aliphatic heterocycles. The summed E-state index contributed by atoms with van der Waals surface area (Å²) in [6, 6.07) is 14.9. The molecule has 0 aromatic heterocycles. The van der Waals surface area contributed by atoms with Gasteiger partial charge in [0.25, 0.3) is 0 Å². The van der Waals surface area contributed by atoms with Gasteiger partial charge in [-0.1, -0.05) is 42.5 Å². The molecule has 1 amide bonds. The lowest BCUT2D eigenvalue weighted by atomic mass is 9.93. The standard InChI is InChI=1S/C22H25NO3/c24-21(25)10-7-15-4-3-11-23(14-15)22(26)20-13-19(20)18-9-8-16-5-1-2-6-17(16)12-18/h1-2,5-6,8-9,12,15,19-20H,3-4,7,10-11,13-14H2,(H,24,25). The van der Waals surface area contributed by atoms with Crippen LogP contribution in [0, 0.1) is 11.8 Å². The number of benzene rings is 2. The summed E-state index contributed by atoms with van der Waals surface area (Å²) in [7, 11) is 0. The third-order valence-electron chi connectivity index (χ3n) is 5.91. The van der Waals surface area contributed by atoms with Crippen LogP contribution in [0.15, 0.2) is 42.5 Å². The van der Waals surface area contributed by atoms with Crippen LogP contribution in [0.25, 0.3) is 10.8 Å². The van der Waals surface area contributed by atoms with Crippen LogP contribution in [0.1, 0.15) is 43.6 Å². The molecule has 0 bridgehead atoms. The summed E-state index contributed by atoms with van der Waals surface area (Å²) < 4.78 is 0. The van der Waals surface area contributed by atoms with Gasteiger partial charge >= 0.3 is 5.97 Å². The molecule has 2 fully saturated rings. The molecule has 1 N–H and O–H groups in total. The average Bonchev–Trinajstić information content (AvgIpc) is 3.46. The van der Waals surface area contributed by atoms with E-state index < -0.39 is 5.97 Å². The second kappa shape index (κ2) is 7.10. The highest BCUT2D eigenvalue weighted by Gasteiger charge is 2.46. The summed E-state index contributed by atoms with van der Waals surface area (Å²) in [5.41, 5.74) is 1.27. The van der Waals surface area contributed by atoms with Gasteiger partial charge in [-0.05, 0) is 53.9 Å². The van der Waals surface area contributed by atoms with Crippen molar-refractivity contribution in [2.24, 2.45) is 11.8 Å². The fourth-order valence-electron chi connectivity index (χ4n) is 4.34. The maximum Gasteiger partial charge on any atom is 0.303 e. The molecule has 0 radical (unpaired) electrons. The largest absolute Gasteiger partial charge is 0.481 e. The highest BCUT2D eigenvalue weighted by molar-refractivity contribution is 5.86. The van der Waals surface area contributed by atoms with Crippen LogP contribution in [-0.4, -0.2) is 35.0 Å². The van der Waals surface area contributed by atoms with Crippen LogP contribution in [0.4, 0.5) is 0 Å². The van der Waals surface area contributed by atoms with Crippen molar-refractivity contribution in [2.45, 2.75) is 38.0 Å². The minimum atomic E-state index is -0.744. The summed E-state index contributed by atoms with van der Waals surface area (Å²) in [5.74, 6) is 0.303.